The van der Waals surface area contributed by atoms with Crippen LogP contribution in [0.1, 0.15) is 10.5 Å². The third-order valence-corrected chi connectivity index (χ3v) is 4.16. The van der Waals surface area contributed by atoms with Crippen molar-refractivity contribution in [3.05, 3.63) is 71.5 Å². The lowest BCUT2D eigenvalue weighted by atomic mass is 10.2. The molecule has 23 heavy (non-hydrogen) atoms. The van der Waals surface area contributed by atoms with Gasteiger partial charge in [0.2, 0.25) is 0 Å². The monoisotopic (exact) mass is 321 g/mol. The first-order chi connectivity index (χ1) is 11.2. The Balaban J connectivity index is 1.75. The van der Waals surface area contributed by atoms with E-state index in [4.69, 9.17) is 11.6 Å². The lowest BCUT2D eigenvalue weighted by molar-refractivity contribution is 0.102. The summed E-state index contributed by atoms with van der Waals surface area (Å²) in [6.45, 7) is 0. The van der Waals surface area contributed by atoms with Gasteiger partial charge in [-0.05, 0) is 30.3 Å². The Kier molecular flexibility index (Phi) is 3.24. The average Bonchev–Trinajstić information content (AvgIpc) is 2.93. The van der Waals surface area contributed by atoms with Gasteiger partial charge in [0.15, 0.2) is 0 Å². The van der Waals surface area contributed by atoms with Crippen molar-refractivity contribution in [2.75, 3.05) is 5.32 Å². The molecule has 4 rings (SSSR count). The molecule has 0 unspecified atom stereocenters. The number of carbonyl (C=O) groups excluding carboxylic acids is 1. The number of pyridine rings is 1. The van der Waals surface area contributed by atoms with Crippen LogP contribution in [0.25, 0.3) is 21.8 Å². The molecule has 0 aliphatic rings. The number of aromatic nitrogens is 2. The molecule has 0 radical (unpaired) electrons. The first-order valence-corrected chi connectivity index (χ1v) is 7.53. The molecule has 2 aromatic carbocycles. The number of amides is 1. The van der Waals surface area contributed by atoms with Gasteiger partial charge in [0.05, 0.1) is 16.2 Å². The molecule has 2 N–H and O–H groups in total. The molecule has 1 amide bonds. The van der Waals surface area contributed by atoms with Crippen LogP contribution >= 0.6 is 11.6 Å². The van der Waals surface area contributed by atoms with Crippen LogP contribution in [0.5, 0.6) is 0 Å². The predicted octanol–water partition coefficient (Wildman–Crippen LogP) is 4.62. The van der Waals surface area contributed by atoms with Crippen molar-refractivity contribution in [3.8, 4) is 0 Å². The number of hydrogen-bond donors (Lipinski definition) is 2. The highest BCUT2D eigenvalue weighted by molar-refractivity contribution is 6.39. The number of nitrogens with one attached hydrogen (secondary N) is 2. The van der Waals surface area contributed by atoms with Crippen molar-refractivity contribution in [2.24, 2.45) is 0 Å². The van der Waals surface area contributed by atoms with Crippen LogP contribution in [0.3, 0.4) is 0 Å². The standard InChI is InChI=1S/C18H12ClN3O/c19-16-12-5-1-2-7-15(12)21-17(16)18(23)22-14-9-3-8-13-11(14)6-4-10-20-13/h1-10,21H,(H,22,23). The van der Waals surface area contributed by atoms with E-state index < -0.39 is 0 Å². The quantitative estimate of drug-likeness (QED) is 0.566. The summed E-state index contributed by atoms with van der Waals surface area (Å²) in [4.78, 5) is 20.0. The fourth-order valence-electron chi connectivity index (χ4n) is 2.66. The number of H-pyrrole nitrogens is 1. The summed E-state index contributed by atoms with van der Waals surface area (Å²) in [6.07, 6.45) is 1.72. The summed E-state index contributed by atoms with van der Waals surface area (Å²) >= 11 is 6.33. The van der Waals surface area contributed by atoms with E-state index >= 15 is 0 Å². The van der Waals surface area contributed by atoms with Crippen LogP contribution < -0.4 is 5.32 Å². The Bertz CT molecular complexity index is 1030. The summed E-state index contributed by atoms with van der Waals surface area (Å²) in [5.74, 6) is -0.275. The first-order valence-electron chi connectivity index (χ1n) is 7.15. The minimum Gasteiger partial charge on any atom is -0.349 e. The summed E-state index contributed by atoms with van der Waals surface area (Å²) < 4.78 is 0. The SMILES string of the molecule is O=C(Nc1cccc2ncccc12)c1[nH]c2ccccc2c1Cl. The first kappa shape index (κ1) is 13.8. The van der Waals surface area contributed by atoms with Crippen molar-refractivity contribution < 1.29 is 4.79 Å². The summed E-state index contributed by atoms with van der Waals surface area (Å²) in [5.41, 5.74) is 2.72. The lowest BCUT2D eigenvalue weighted by Gasteiger charge is -2.07. The Labute approximate surface area is 137 Å². The molecule has 0 fully saturated rings. The molecule has 0 atom stereocenters. The van der Waals surface area contributed by atoms with Crippen molar-refractivity contribution in [1.29, 1.82) is 0 Å². The van der Waals surface area contributed by atoms with E-state index in [1.54, 1.807) is 6.20 Å². The topological polar surface area (TPSA) is 57.8 Å². The van der Waals surface area contributed by atoms with E-state index in [9.17, 15) is 4.79 Å². The number of fused-ring (bicyclic) bond motifs is 2. The number of carbonyl (C=O) groups is 1. The number of benzene rings is 2. The Morgan fingerprint density at radius 2 is 1.83 bits per heavy atom. The molecular weight excluding hydrogens is 310 g/mol. The molecule has 0 saturated carbocycles. The largest absolute Gasteiger partial charge is 0.349 e. The van der Waals surface area contributed by atoms with E-state index in [1.807, 2.05) is 54.6 Å². The Morgan fingerprint density at radius 1 is 1.00 bits per heavy atom. The Morgan fingerprint density at radius 3 is 2.70 bits per heavy atom. The van der Waals surface area contributed by atoms with Crippen molar-refractivity contribution in [2.45, 2.75) is 0 Å². The fraction of sp³-hybridized carbons (Fsp3) is 0. The van der Waals surface area contributed by atoms with Gasteiger partial charge in [-0.1, -0.05) is 35.9 Å². The van der Waals surface area contributed by atoms with Gasteiger partial charge in [-0.15, -0.1) is 0 Å². The van der Waals surface area contributed by atoms with Gasteiger partial charge < -0.3 is 10.3 Å². The summed E-state index contributed by atoms with van der Waals surface area (Å²) in [6, 6.07) is 16.9. The second-order valence-corrected chi connectivity index (χ2v) is 5.57. The molecule has 0 spiro atoms. The average molecular weight is 322 g/mol. The number of rotatable bonds is 2. The minimum atomic E-state index is -0.275. The van der Waals surface area contributed by atoms with Gasteiger partial charge in [-0.2, -0.15) is 0 Å². The highest BCUT2D eigenvalue weighted by Gasteiger charge is 2.17. The molecule has 4 aromatic rings. The molecule has 4 nitrogen and oxygen atoms in total. The van der Waals surface area contributed by atoms with Gasteiger partial charge in [-0.3, -0.25) is 9.78 Å². The fourth-order valence-corrected chi connectivity index (χ4v) is 2.96. The van der Waals surface area contributed by atoms with E-state index in [0.717, 1.165) is 21.8 Å². The highest BCUT2D eigenvalue weighted by Crippen LogP contribution is 2.28. The molecule has 0 aliphatic heterocycles. The molecule has 0 saturated heterocycles. The van der Waals surface area contributed by atoms with Crippen molar-refractivity contribution >= 4 is 45.0 Å². The van der Waals surface area contributed by atoms with Crippen molar-refractivity contribution in [3.63, 3.8) is 0 Å². The highest BCUT2D eigenvalue weighted by atomic mass is 35.5. The molecule has 2 aromatic heterocycles. The van der Waals surface area contributed by atoms with E-state index in [-0.39, 0.29) is 5.91 Å². The normalized spacial score (nSPS) is 11.0. The third-order valence-electron chi connectivity index (χ3n) is 3.76. The van der Waals surface area contributed by atoms with Crippen LogP contribution in [-0.4, -0.2) is 15.9 Å². The molecular formula is C18H12ClN3O. The van der Waals surface area contributed by atoms with Crippen LogP contribution in [-0.2, 0) is 0 Å². The second-order valence-electron chi connectivity index (χ2n) is 5.19. The maximum absolute atomic E-state index is 12.6. The number of halogens is 1. The summed E-state index contributed by atoms with van der Waals surface area (Å²) in [7, 11) is 0. The molecule has 0 aliphatic carbocycles. The minimum absolute atomic E-state index is 0.275. The second kappa shape index (κ2) is 5.41. The van der Waals surface area contributed by atoms with Crippen LogP contribution in [0.4, 0.5) is 5.69 Å². The van der Waals surface area contributed by atoms with E-state index in [0.29, 0.717) is 16.4 Å². The zero-order valence-electron chi connectivity index (χ0n) is 12.0. The van der Waals surface area contributed by atoms with Gasteiger partial charge in [0.1, 0.15) is 5.69 Å². The molecule has 112 valence electrons. The molecule has 5 heteroatoms. The maximum atomic E-state index is 12.6. The lowest BCUT2D eigenvalue weighted by Crippen LogP contribution is -2.13. The van der Waals surface area contributed by atoms with Gasteiger partial charge >= 0.3 is 0 Å². The number of anilines is 1. The third kappa shape index (κ3) is 2.33. The zero-order valence-corrected chi connectivity index (χ0v) is 12.8. The number of aromatic amines is 1. The van der Waals surface area contributed by atoms with Crippen LogP contribution in [0.15, 0.2) is 60.8 Å². The smallest absolute Gasteiger partial charge is 0.273 e. The predicted molar refractivity (Wildman–Crippen MR) is 93.0 cm³/mol. The number of para-hydroxylation sites is 1. The van der Waals surface area contributed by atoms with Crippen LogP contribution in [0, 0.1) is 0 Å². The Hall–Kier alpha value is -2.85. The van der Waals surface area contributed by atoms with Gasteiger partial charge in [-0.25, -0.2) is 0 Å². The van der Waals surface area contributed by atoms with Crippen LogP contribution in [0.2, 0.25) is 5.02 Å². The maximum Gasteiger partial charge on any atom is 0.273 e. The zero-order chi connectivity index (χ0) is 15.8. The molecule has 0 bridgehead atoms. The van der Waals surface area contributed by atoms with Gasteiger partial charge in [0, 0.05) is 22.5 Å². The van der Waals surface area contributed by atoms with Crippen molar-refractivity contribution in [1.82, 2.24) is 9.97 Å². The summed E-state index contributed by atoms with van der Waals surface area (Å²) in [5, 5.41) is 5.05. The van der Waals surface area contributed by atoms with E-state index in [1.165, 1.54) is 0 Å². The number of nitrogens with zero attached hydrogens (tertiary/aromatic N) is 1. The molecule has 2 heterocycles. The van der Waals surface area contributed by atoms with Gasteiger partial charge in [0.25, 0.3) is 5.91 Å². The van der Waals surface area contributed by atoms with E-state index in [2.05, 4.69) is 15.3 Å². The number of hydrogen-bond acceptors (Lipinski definition) is 2.